The van der Waals surface area contributed by atoms with Crippen LogP contribution < -0.4 is 0 Å². The molecule has 0 saturated heterocycles. The van der Waals surface area contributed by atoms with Crippen molar-refractivity contribution in [1.29, 1.82) is 0 Å². The van der Waals surface area contributed by atoms with Crippen molar-refractivity contribution in [3.8, 4) is 0 Å². The molecule has 0 heterocycles. The first-order valence-corrected chi connectivity index (χ1v) is 8.60. The lowest BCUT2D eigenvalue weighted by atomic mass is 10.0. The molecular formula is C17H36O2. The Hall–Kier alpha value is -0.0800. The normalized spacial score (nSPS) is 12.8. The van der Waals surface area contributed by atoms with Gasteiger partial charge in [0.15, 0.2) is 0 Å². The Morgan fingerprint density at radius 2 is 1.05 bits per heavy atom. The fourth-order valence-electron chi connectivity index (χ4n) is 2.50. The number of aliphatic hydroxyl groups is 2. The van der Waals surface area contributed by atoms with E-state index in [0.29, 0.717) is 6.61 Å². The Balaban J connectivity index is 3.09. The maximum absolute atomic E-state index is 9.83. The summed E-state index contributed by atoms with van der Waals surface area (Å²) in [5.41, 5.74) is 0. The molecule has 0 saturated carbocycles. The molecule has 1 unspecified atom stereocenters. The van der Waals surface area contributed by atoms with E-state index < -0.39 is 0 Å². The first-order valence-electron chi connectivity index (χ1n) is 8.60. The summed E-state index contributed by atoms with van der Waals surface area (Å²) in [6.45, 7) is 2.56. The second kappa shape index (κ2) is 16.0. The molecule has 0 amide bonds. The van der Waals surface area contributed by atoms with Gasteiger partial charge in [0.25, 0.3) is 0 Å². The standard InChI is InChI=1S/C17H36O2/c1-2-3-4-5-6-7-8-11-14-17(19)15-12-9-10-13-16-18/h17-19H,2-16H2,1H3. The highest BCUT2D eigenvalue weighted by Crippen LogP contribution is 2.13. The largest absolute Gasteiger partial charge is 0.396 e. The predicted molar refractivity (Wildman–Crippen MR) is 83.4 cm³/mol. The minimum atomic E-state index is -0.0887. The summed E-state index contributed by atoms with van der Waals surface area (Å²) in [7, 11) is 0. The van der Waals surface area contributed by atoms with Crippen LogP contribution in [0.15, 0.2) is 0 Å². The monoisotopic (exact) mass is 272 g/mol. The van der Waals surface area contributed by atoms with Gasteiger partial charge in [0.1, 0.15) is 0 Å². The Labute approximate surface area is 120 Å². The lowest BCUT2D eigenvalue weighted by Crippen LogP contribution is -2.06. The summed E-state index contributed by atoms with van der Waals surface area (Å²) in [6.07, 6.45) is 16.8. The van der Waals surface area contributed by atoms with Gasteiger partial charge < -0.3 is 10.2 Å². The Morgan fingerprint density at radius 1 is 0.632 bits per heavy atom. The summed E-state index contributed by atoms with van der Waals surface area (Å²) < 4.78 is 0. The van der Waals surface area contributed by atoms with Crippen molar-refractivity contribution in [2.75, 3.05) is 6.61 Å². The zero-order chi connectivity index (χ0) is 14.2. The van der Waals surface area contributed by atoms with E-state index in [2.05, 4.69) is 6.92 Å². The highest BCUT2D eigenvalue weighted by Gasteiger charge is 2.03. The average Bonchev–Trinajstić information content (AvgIpc) is 2.41. The summed E-state index contributed by atoms with van der Waals surface area (Å²) in [5, 5.41) is 18.5. The van der Waals surface area contributed by atoms with Crippen LogP contribution in [0.2, 0.25) is 0 Å². The van der Waals surface area contributed by atoms with Gasteiger partial charge in [0, 0.05) is 6.61 Å². The molecule has 19 heavy (non-hydrogen) atoms. The van der Waals surface area contributed by atoms with Crippen LogP contribution in [0.3, 0.4) is 0 Å². The van der Waals surface area contributed by atoms with E-state index in [0.717, 1.165) is 38.5 Å². The van der Waals surface area contributed by atoms with Gasteiger partial charge in [-0.05, 0) is 19.3 Å². The molecule has 0 aromatic carbocycles. The van der Waals surface area contributed by atoms with Gasteiger partial charge in [0.2, 0.25) is 0 Å². The minimum absolute atomic E-state index is 0.0887. The second-order valence-corrected chi connectivity index (χ2v) is 5.84. The van der Waals surface area contributed by atoms with Crippen molar-refractivity contribution in [1.82, 2.24) is 0 Å². The molecule has 1 atom stereocenters. The number of unbranched alkanes of at least 4 members (excludes halogenated alkanes) is 10. The molecule has 0 aromatic rings. The highest BCUT2D eigenvalue weighted by molar-refractivity contribution is 4.57. The van der Waals surface area contributed by atoms with Crippen LogP contribution >= 0.6 is 0 Å². The number of hydrogen-bond acceptors (Lipinski definition) is 2. The van der Waals surface area contributed by atoms with Crippen molar-refractivity contribution in [2.45, 2.75) is 103 Å². The van der Waals surface area contributed by atoms with Gasteiger partial charge in [-0.15, -0.1) is 0 Å². The van der Waals surface area contributed by atoms with E-state index in [1.165, 1.54) is 51.4 Å². The van der Waals surface area contributed by atoms with Crippen molar-refractivity contribution in [2.24, 2.45) is 0 Å². The fourth-order valence-corrected chi connectivity index (χ4v) is 2.50. The van der Waals surface area contributed by atoms with Crippen LogP contribution in [0.25, 0.3) is 0 Å². The Morgan fingerprint density at radius 3 is 1.53 bits per heavy atom. The van der Waals surface area contributed by atoms with Crippen LogP contribution in [0.1, 0.15) is 96.8 Å². The average molecular weight is 272 g/mol. The van der Waals surface area contributed by atoms with Gasteiger partial charge in [-0.1, -0.05) is 77.6 Å². The van der Waals surface area contributed by atoms with Gasteiger partial charge in [-0.25, -0.2) is 0 Å². The second-order valence-electron chi connectivity index (χ2n) is 5.84. The van der Waals surface area contributed by atoms with Crippen molar-refractivity contribution in [3.63, 3.8) is 0 Å². The third-order valence-electron chi connectivity index (χ3n) is 3.84. The maximum atomic E-state index is 9.83. The predicted octanol–water partition coefficient (Wildman–Crippen LogP) is 4.82. The molecule has 0 aliphatic rings. The molecule has 0 rings (SSSR count). The molecule has 0 radical (unpaired) electrons. The molecule has 0 aromatic heterocycles. The maximum Gasteiger partial charge on any atom is 0.0540 e. The van der Waals surface area contributed by atoms with E-state index in [1.54, 1.807) is 0 Å². The van der Waals surface area contributed by atoms with Gasteiger partial charge >= 0.3 is 0 Å². The number of hydrogen-bond donors (Lipinski definition) is 2. The molecule has 2 nitrogen and oxygen atoms in total. The molecule has 0 fully saturated rings. The Bertz CT molecular complexity index is 159. The van der Waals surface area contributed by atoms with E-state index in [-0.39, 0.29) is 6.10 Å². The van der Waals surface area contributed by atoms with E-state index >= 15 is 0 Å². The van der Waals surface area contributed by atoms with Crippen molar-refractivity contribution < 1.29 is 10.2 Å². The van der Waals surface area contributed by atoms with Gasteiger partial charge in [-0.2, -0.15) is 0 Å². The molecule has 116 valence electrons. The number of rotatable bonds is 15. The third kappa shape index (κ3) is 15.9. The zero-order valence-corrected chi connectivity index (χ0v) is 13.1. The SMILES string of the molecule is CCCCCCCCCCC(O)CCCCCCO. The lowest BCUT2D eigenvalue weighted by molar-refractivity contribution is 0.147. The van der Waals surface area contributed by atoms with E-state index in [9.17, 15) is 5.11 Å². The summed E-state index contributed by atoms with van der Waals surface area (Å²) >= 11 is 0. The molecule has 2 heteroatoms. The van der Waals surface area contributed by atoms with Crippen LogP contribution in [0.4, 0.5) is 0 Å². The van der Waals surface area contributed by atoms with E-state index in [4.69, 9.17) is 5.11 Å². The molecule has 0 aliphatic carbocycles. The van der Waals surface area contributed by atoms with Gasteiger partial charge in [-0.3, -0.25) is 0 Å². The van der Waals surface area contributed by atoms with Crippen molar-refractivity contribution >= 4 is 0 Å². The zero-order valence-electron chi connectivity index (χ0n) is 13.1. The quantitative estimate of drug-likeness (QED) is 0.420. The van der Waals surface area contributed by atoms with Crippen LogP contribution in [0, 0.1) is 0 Å². The Kier molecular flexibility index (Phi) is 15.9. The number of aliphatic hydroxyl groups excluding tert-OH is 2. The third-order valence-corrected chi connectivity index (χ3v) is 3.84. The van der Waals surface area contributed by atoms with Crippen LogP contribution in [0.5, 0.6) is 0 Å². The van der Waals surface area contributed by atoms with Crippen LogP contribution in [-0.2, 0) is 0 Å². The first kappa shape index (κ1) is 18.9. The summed E-state index contributed by atoms with van der Waals surface area (Å²) in [4.78, 5) is 0. The van der Waals surface area contributed by atoms with E-state index in [1.807, 2.05) is 0 Å². The lowest BCUT2D eigenvalue weighted by Gasteiger charge is -2.10. The summed E-state index contributed by atoms with van der Waals surface area (Å²) in [5.74, 6) is 0. The topological polar surface area (TPSA) is 40.5 Å². The minimum Gasteiger partial charge on any atom is -0.396 e. The smallest absolute Gasteiger partial charge is 0.0540 e. The summed E-state index contributed by atoms with van der Waals surface area (Å²) in [6, 6.07) is 0. The molecular weight excluding hydrogens is 236 g/mol. The molecule has 2 N–H and O–H groups in total. The molecule has 0 spiro atoms. The van der Waals surface area contributed by atoms with Crippen molar-refractivity contribution in [3.05, 3.63) is 0 Å². The first-order chi connectivity index (χ1) is 9.31. The molecule has 0 aliphatic heterocycles. The fraction of sp³-hybridized carbons (Fsp3) is 1.00. The molecule has 0 bridgehead atoms. The highest BCUT2D eigenvalue weighted by atomic mass is 16.3. The van der Waals surface area contributed by atoms with Crippen LogP contribution in [-0.4, -0.2) is 22.9 Å². The van der Waals surface area contributed by atoms with Gasteiger partial charge in [0.05, 0.1) is 6.10 Å².